The average Bonchev–Trinajstić information content (AvgIpc) is 2.90. The molecule has 29 heavy (non-hydrogen) atoms. The summed E-state index contributed by atoms with van der Waals surface area (Å²) in [6, 6.07) is 8.46. The van der Waals surface area contributed by atoms with Crippen molar-refractivity contribution in [2.24, 2.45) is 0 Å². The standard InChI is InChI=1S/C20H16Cl2N2O4S/c1-10-3-4-11(2)15(5-10)23-17(25)9-24-19(27)16(29-20(24)28)8-12-6-13(21)18(26)14(22)7-12/h3-8,26H,9H2,1-2H3,(H,23,25)/b16-8-. The molecule has 1 aliphatic heterocycles. The van der Waals surface area contributed by atoms with Crippen molar-refractivity contribution in [2.45, 2.75) is 13.8 Å². The number of nitrogens with zero attached hydrogens (tertiary/aromatic N) is 1. The molecule has 1 saturated heterocycles. The lowest BCUT2D eigenvalue weighted by atomic mass is 10.1. The molecule has 0 spiro atoms. The molecule has 2 aromatic carbocycles. The Kier molecular flexibility index (Phi) is 6.21. The molecular formula is C20H16Cl2N2O4S. The fourth-order valence-electron chi connectivity index (χ4n) is 2.66. The molecule has 0 unspecified atom stereocenters. The molecule has 0 saturated carbocycles. The van der Waals surface area contributed by atoms with Crippen LogP contribution >= 0.6 is 35.0 Å². The highest BCUT2D eigenvalue weighted by atomic mass is 35.5. The van der Waals surface area contributed by atoms with E-state index in [4.69, 9.17) is 23.2 Å². The number of amides is 3. The molecule has 3 rings (SSSR count). The number of phenolic OH excluding ortho intramolecular Hbond substituents is 1. The summed E-state index contributed by atoms with van der Waals surface area (Å²) in [5, 5.41) is 11.8. The van der Waals surface area contributed by atoms with Crippen molar-refractivity contribution in [3.8, 4) is 5.75 Å². The molecule has 3 amide bonds. The SMILES string of the molecule is Cc1ccc(C)c(NC(=O)CN2C(=O)S/C(=C\c3cc(Cl)c(O)c(Cl)c3)C2=O)c1. The molecule has 0 radical (unpaired) electrons. The Labute approximate surface area is 181 Å². The van der Waals surface area contributed by atoms with E-state index in [0.717, 1.165) is 16.0 Å². The molecule has 2 N–H and O–H groups in total. The van der Waals surface area contributed by atoms with Crippen LogP contribution in [0.4, 0.5) is 10.5 Å². The Morgan fingerprint density at radius 2 is 1.83 bits per heavy atom. The van der Waals surface area contributed by atoms with Crippen LogP contribution in [-0.4, -0.2) is 33.6 Å². The van der Waals surface area contributed by atoms with Crippen molar-refractivity contribution in [2.75, 3.05) is 11.9 Å². The number of hydrogen-bond acceptors (Lipinski definition) is 5. The second-order valence-electron chi connectivity index (χ2n) is 6.47. The van der Waals surface area contributed by atoms with Gasteiger partial charge in [0.1, 0.15) is 6.54 Å². The van der Waals surface area contributed by atoms with Gasteiger partial charge in [-0.1, -0.05) is 35.3 Å². The number of phenols is 1. The van der Waals surface area contributed by atoms with Gasteiger partial charge in [0.25, 0.3) is 11.1 Å². The van der Waals surface area contributed by atoms with E-state index in [2.05, 4.69) is 5.32 Å². The van der Waals surface area contributed by atoms with Crippen molar-refractivity contribution in [3.63, 3.8) is 0 Å². The van der Waals surface area contributed by atoms with Gasteiger partial charge >= 0.3 is 0 Å². The van der Waals surface area contributed by atoms with Crippen molar-refractivity contribution in [3.05, 3.63) is 62.0 Å². The highest BCUT2D eigenvalue weighted by molar-refractivity contribution is 8.18. The van der Waals surface area contributed by atoms with Crippen LogP contribution in [0, 0.1) is 13.8 Å². The monoisotopic (exact) mass is 450 g/mol. The van der Waals surface area contributed by atoms with Gasteiger partial charge in [0.2, 0.25) is 5.91 Å². The molecule has 6 nitrogen and oxygen atoms in total. The molecule has 0 atom stereocenters. The van der Waals surface area contributed by atoms with Crippen molar-refractivity contribution < 1.29 is 19.5 Å². The lowest BCUT2D eigenvalue weighted by Gasteiger charge is -2.14. The first-order chi connectivity index (χ1) is 13.7. The van der Waals surface area contributed by atoms with E-state index in [-0.39, 0.29) is 20.7 Å². The predicted octanol–water partition coefficient (Wildman–Crippen LogP) is 4.99. The smallest absolute Gasteiger partial charge is 0.294 e. The fraction of sp³-hybridized carbons (Fsp3) is 0.150. The summed E-state index contributed by atoms with van der Waals surface area (Å²) < 4.78 is 0. The molecule has 2 aromatic rings. The third kappa shape index (κ3) is 4.75. The number of aryl methyl sites for hydroxylation is 2. The van der Waals surface area contributed by atoms with E-state index in [0.29, 0.717) is 23.0 Å². The van der Waals surface area contributed by atoms with E-state index in [1.54, 1.807) is 0 Å². The Bertz CT molecular complexity index is 1050. The van der Waals surface area contributed by atoms with Gasteiger partial charge in [0.15, 0.2) is 5.75 Å². The zero-order chi connectivity index (χ0) is 21.3. The summed E-state index contributed by atoms with van der Waals surface area (Å²) in [5.74, 6) is -1.32. The van der Waals surface area contributed by atoms with Crippen LogP contribution in [0.1, 0.15) is 16.7 Å². The van der Waals surface area contributed by atoms with Gasteiger partial charge in [-0.25, -0.2) is 0 Å². The predicted molar refractivity (Wildman–Crippen MR) is 115 cm³/mol. The number of thioether (sulfide) groups is 1. The van der Waals surface area contributed by atoms with E-state index < -0.39 is 23.6 Å². The van der Waals surface area contributed by atoms with E-state index >= 15 is 0 Å². The fourth-order valence-corrected chi connectivity index (χ4v) is 4.00. The molecule has 1 aliphatic rings. The third-order valence-corrected chi connectivity index (χ3v) is 5.66. The molecular weight excluding hydrogens is 435 g/mol. The maximum atomic E-state index is 12.6. The van der Waals surface area contributed by atoms with Gasteiger partial charge in [-0.2, -0.15) is 0 Å². The molecule has 150 valence electrons. The van der Waals surface area contributed by atoms with Gasteiger partial charge in [0.05, 0.1) is 15.0 Å². The minimum Gasteiger partial charge on any atom is -0.505 e. The second kappa shape index (κ2) is 8.49. The Morgan fingerprint density at radius 3 is 2.48 bits per heavy atom. The number of carbonyl (C=O) groups excluding carboxylic acids is 3. The molecule has 0 aliphatic carbocycles. The normalized spacial score (nSPS) is 15.3. The number of anilines is 1. The van der Waals surface area contributed by atoms with E-state index in [1.165, 1.54) is 18.2 Å². The maximum Gasteiger partial charge on any atom is 0.294 e. The summed E-state index contributed by atoms with van der Waals surface area (Å²) in [7, 11) is 0. The highest BCUT2D eigenvalue weighted by Gasteiger charge is 2.36. The Morgan fingerprint density at radius 1 is 1.17 bits per heavy atom. The largest absolute Gasteiger partial charge is 0.505 e. The maximum absolute atomic E-state index is 12.6. The quantitative estimate of drug-likeness (QED) is 0.640. The van der Waals surface area contributed by atoms with Crippen LogP contribution in [0.5, 0.6) is 5.75 Å². The third-order valence-electron chi connectivity index (χ3n) is 4.18. The van der Waals surface area contributed by atoms with Crippen LogP contribution in [0.15, 0.2) is 35.2 Å². The van der Waals surface area contributed by atoms with Crippen molar-refractivity contribution in [1.29, 1.82) is 0 Å². The summed E-state index contributed by atoms with van der Waals surface area (Å²) in [4.78, 5) is 38.2. The van der Waals surface area contributed by atoms with Crippen LogP contribution in [0.2, 0.25) is 10.0 Å². The van der Waals surface area contributed by atoms with E-state index in [1.807, 2.05) is 32.0 Å². The molecule has 1 fully saturated rings. The average molecular weight is 451 g/mol. The number of rotatable bonds is 4. The van der Waals surface area contributed by atoms with Crippen LogP contribution < -0.4 is 5.32 Å². The number of imide groups is 1. The Hall–Kier alpha value is -2.48. The first kappa shape index (κ1) is 21.2. The number of nitrogens with one attached hydrogen (secondary N) is 1. The molecule has 1 heterocycles. The van der Waals surface area contributed by atoms with Crippen molar-refractivity contribution >= 4 is 63.8 Å². The summed E-state index contributed by atoms with van der Waals surface area (Å²) >= 11 is 12.5. The summed E-state index contributed by atoms with van der Waals surface area (Å²) in [5.41, 5.74) is 2.93. The van der Waals surface area contributed by atoms with Gasteiger partial charge in [-0.05, 0) is 66.6 Å². The number of hydrogen-bond donors (Lipinski definition) is 2. The second-order valence-corrected chi connectivity index (χ2v) is 8.28. The van der Waals surface area contributed by atoms with E-state index in [9.17, 15) is 19.5 Å². The van der Waals surface area contributed by atoms with Gasteiger partial charge < -0.3 is 10.4 Å². The number of benzene rings is 2. The van der Waals surface area contributed by atoms with Gasteiger partial charge in [0, 0.05) is 5.69 Å². The lowest BCUT2D eigenvalue weighted by Crippen LogP contribution is -2.36. The zero-order valence-electron chi connectivity index (χ0n) is 15.5. The zero-order valence-corrected chi connectivity index (χ0v) is 17.8. The topological polar surface area (TPSA) is 86.7 Å². The van der Waals surface area contributed by atoms with Crippen LogP contribution in [0.25, 0.3) is 6.08 Å². The lowest BCUT2D eigenvalue weighted by molar-refractivity contribution is -0.127. The van der Waals surface area contributed by atoms with Crippen LogP contribution in [0.3, 0.4) is 0 Å². The number of aromatic hydroxyl groups is 1. The molecule has 0 aromatic heterocycles. The van der Waals surface area contributed by atoms with Crippen molar-refractivity contribution in [1.82, 2.24) is 4.90 Å². The number of carbonyl (C=O) groups is 3. The number of halogens is 2. The minimum absolute atomic E-state index is 0.0240. The highest BCUT2D eigenvalue weighted by Crippen LogP contribution is 2.36. The minimum atomic E-state index is -0.587. The first-order valence-corrected chi connectivity index (χ1v) is 10.0. The molecule has 0 bridgehead atoms. The van der Waals surface area contributed by atoms with Crippen LogP contribution in [-0.2, 0) is 9.59 Å². The first-order valence-electron chi connectivity index (χ1n) is 8.46. The summed E-state index contributed by atoms with van der Waals surface area (Å²) in [6.07, 6.45) is 1.44. The van der Waals surface area contributed by atoms with Gasteiger partial charge in [-0.15, -0.1) is 0 Å². The molecule has 9 heteroatoms. The Balaban J connectivity index is 1.75. The summed E-state index contributed by atoms with van der Waals surface area (Å²) in [6.45, 7) is 3.36. The van der Waals surface area contributed by atoms with Gasteiger partial charge in [-0.3, -0.25) is 19.3 Å².